The van der Waals surface area contributed by atoms with Gasteiger partial charge in [-0.25, -0.2) is 13.1 Å². The second kappa shape index (κ2) is 5.65. The lowest BCUT2D eigenvalue weighted by atomic mass is 10.0. The summed E-state index contributed by atoms with van der Waals surface area (Å²) in [5.74, 6) is 0. The Morgan fingerprint density at radius 3 is 1.78 bits per heavy atom. The molecule has 0 atom stereocenters. The fourth-order valence-electron chi connectivity index (χ4n) is 2.17. The first-order valence-electron chi connectivity index (χ1n) is 7.06. The molecule has 0 aliphatic heterocycles. The minimum Gasteiger partial charge on any atom is -0.208 e. The van der Waals surface area contributed by atoms with Crippen LogP contribution in [0.5, 0.6) is 0 Å². The van der Waals surface area contributed by atoms with E-state index in [9.17, 15) is 21.6 Å². The maximum Gasteiger partial charge on any atom is 0.416 e. The second-order valence-electron chi connectivity index (χ2n) is 5.50. The van der Waals surface area contributed by atoms with Crippen molar-refractivity contribution >= 4 is 10.0 Å². The average molecular weight is 341 g/mol. The first-order chi connectivity index (χ1) is 10.8. The molecule has 1 aliphatic rings. The molecule has 0 amide bonds. The largest absolute Gasteiger partial charge is 0.416 e. The van der Waals surface area contributed by atoms with E-state index >= 15 is 0 Å². The molecule has 7 heteroatoms. The van der Waals surface area contributed by atoms with Crippen LogP contribution >= 0.6 is 0 Å². The summed E-state index contributed by atoms with van der Waals surface area (Å²) in [7, 11) is -3.52. The van der Waals surface area contributed by atoms with Crippen molar-refractivity contribution in [2.45, 2.75) is 30.0 Å². The van der Waals surface area contributed by atoms with Crippen LogP contribution in [-0.4, -0.2) is 14.5 Å². The third-order valence-electron chi connectivity index (χ3n) is 3.61. The summed E-state index contributed by atoms with van der Waals surface area (Å²) < 4.78 is 64.3. The SMILES string of the molecule is O=S(=O)(NC1CC1)c1ccc(-c2ccc(C(F)(F)F)cc2)cc1. The van der Waals surface area contributed by atoms with Crippen LogP contribution in [-0.2, 0) is 16.2 Å². The highest BCUT2D eigenvalue weighted by Gasteiger charge is 2.30. The molecule has 0 unspecified atom stereocenters. The molecule has 0 heterocycles. The Balaban J connectivity index is 1.82. The van der Waals surface area contributed by atoms with Gasteiger partial charge in [0.1, 0.15) is 0 Å². The van der Waals surface area contributed by atoms with E-state index < -0.39 is 21.8 Å². The van der Waals surface area contributed by atoms with Gasteiger partial charge in [-0.1, -0.05) is 24.3 Å². The molecular formula is C16H14F3NO2S. The van der Waals surface area contributed by atoms with Crippen LogP contribution in [0.4, 0.5) is 13.2 Å². The maximum absolute atomic E-state index is 12.5. The molecule has 0 spiro atoms. The van der Waals surface area contributed by atoms with Crippen molar-refractivity contribution in [2.75, 3.05) is 0 Å². The molecule has 1 saturated carbocycles. The molecule has 1 aliphatic carbocycles. The van der Waals surface area contributed by atoms with Gasteiger partial charge in [-0.05, 0) is 48.2 Å². The van der Waals surface area contributed by atoms with E-state index in [1.54, 1.807) is 12.1 Å². The summed E-state index contributed by atoms with van der Waals surface area (Å²) in [6, 6.07) is 10.9. The van der Waals surface area contributed by atoms with Gasteiger partial charge >= 0.3 is 6.18 Å². The van der Waals surface area contributed by atoms with Crippen molar-refractivity contribution in [1.82, 2.24) is 4.72 Å². The first-order valence-corrected chi connectivity index (χ1v) is 8.54. The highest BCUT2D eigenvalue weighted by molar-refractivity contribution is 7.89. The Bertz CT molecular complexity index is 793. The number of hydrogen-bond donors (Lipinski definition) is 1. The lowest BCUT2D eigenvalue weighted by Gasteiger charge is -2.09. The summed E-state index contributed by atoms with van der Waals surface area (Å²) in [5.41, 5.74) is 0.537. The second-order valence-corrected chi connectivity index (χ2v) is 7.21. The Hall–Kier alpha value is -1.86. The number of alkyl halides is 3. The zero-order valence-electron chi connectivity index (χ0n) is 12.0. The molecule has 0 saturated heterocycles. The van der Waals surface area contributed by atoms with Gasteiger partial charge in [0, 0.05) is 6.04 Å². The van der Waals surface area contributed by atoms with E-state index in [0.717, 1.165) is 25.0 Å². The van der Waals surface area contributed by atoms with Gasteiger partial charge < -0.3 is 0 Å². The van der Waals surface area contributed by atoms with Gasteiger partial charge in [0.2, 0.25) is 10.0 Å². The van der Waals surface area contributed by atoms with Gasteiger partial charge in [0.25, 0.3) is 0 Å². The van der Waals surface area contributed by atoms with E-state index in [1.807, 2.05) is 0 Å². The van der Waals surface area contributed by atoms with Crippen molar-refractivity contribution < 1.29 is 21.6 Å². The molecule has 122 valence electrons. The number of hydrogen-bond acceptors (Lipinski definition) is 2. The Labute approximate surface area is 132 Å². The van der Waals surface area contributed by atoms with E-state index in [0.29, 0.717) is 11.1 Å². The number of halogens is 3. The summed E-state index contributed by atoms with van der Waals surface area (Å²) in [4.78, 5) is 0.153. The van der Waals surface area contributed by atoms with Crippen molar-refractivity contribution in [3.8, 4) is 11.1 Å². The van der Waals surface area contributed by atoms with Crippen LogP contribution in [0.25, 0.3) is 11.1 Å². The third kappa shape index (κ3) is 3.73. The molecule has 23 heavy (non-hydrogen) atoms. The quantitative estimate of drug-likeness (QED) is 0.919. The molecule has 1 N–H and O–H groups in total. The third-order valence-corrected chi connectivity index (χ3v) is 5.15. The monoisotopic (exact) mass is 341 g/mol. The molecule has 0 radical (unpaired) electrons. The predicted molar refractivity (Wildman–Crippen MR) is 80.2 cm³/mol. The van der Waals surface area contributed by atoms with Crippen molar-refractivity contribution in [3.05, 3.63) is 54.1 Å². The zero-order chi connectivity index (χ0) is 16.7. The van der Waals surface area contributed by atoms with Crippen molar-refractivity contribution in [2.24, 2.45) is 0 Å². The fourth-order valence-corrected chi connectivity index (χ4v) is 3.47. The zero-order valence-corrected chi connectivity index (χ0v) is 12.8. The van der Waals surface area contributed by atoms with E-state index in [2.05, 4.69) is 4.72 Å². The molecule has 2 aromatic carbocycles. The summed E-state index contributed by atoms with van der Waals surface area (Å²) in [5, 5.41) is 0. The van der Waals surface area contributed by atoms with Crippen molar-refractivity contribution in [1.29, 1.82) is 0 Å². The maximum atomic E-state index is 12.5. The molecule has 2 aromatic rings. The van der Waals surface area contributed by atoms with E-state index in [1.165, 1.54) is 24.3 Å². The first kappa shape index (κ1) is 16.0. The van der Waals surface area contributed by atoms with Crippen molar-refractivity contribution in [3.63, 3.8) is 0 Å². The standard InChI is InChI=1S/C16H14F3NO2S/c17-16(18,19)13-5-1-11(2-6-13)12-3-9-15(10-4-12)23(21,22)20-14-7-8-14/h1-6,9-10,14,20H,7-8H2. The lowest BCUT2D eigenvalue weighted by Crippen LogP contribution is -2.25. The number of benzene rings is 2. The van der Waals surface area contributed by atoms with Crippen LogP contribution in [0.2, 0.25) is 0 Å². The van der Waals surface area contributed by atoms with Gasteiger partial charge in [0.05, 0.1) is 10.5 Å². The summed E-state index contributed by atoms with van der Waals surface area (Å²) in [6.07, 6.45) is -2.67. The molecule has 0 bridgehead atoms. The van der Waals surface area contributed by atoms with E-state index in [-0.39, 0.29) is 10.9 Å². The molecule has 3 nitrogen and oxygen atoms in total. The number of rotatable bonds is 4. The highest BCUT2D eigenvalue weighted by Crippen LogP contribution is 2.31. The van der Waals surface area contributed by atoms with Crippen LogP contribution in [0.3, 0.4) is 0 Å². The van der Waals surface area contributed by atoms with Gasteiger partial charge in [0.15, 0.2) is 0 Å². The van der Waals surface area contributed by atoms with Crippen LogP contribution in [0.15, 0.2) is 53.4 Å². The van der Waals surface area contributed by atoms with Crippen LogP contribution < -0.4 is 4.72 Å². The van der Waals surface area contributed by atoms with Gasteiger partial charge in [-0.2, -0.15) is 13.2 Å². The van der Waals surface area contributed by atoms with Gasteiger partial charge in [-0.15, -0.1) is 0 Å². The summed E-state index contributed by atoms with van der Waals surface area (Å²) in [6.45, 7) is 0. The molecule has 1 fully saturated rings. The number of nitrogens with one attached hydrogen (secondary N) is 1. The lowest BCUT2D eigenvalue weighted by molar-refractivity contribution is -0.137. The summed E-state index contributed by atoms with van der Waals surface area (Å²) >= 11 is 0. The molecule has 3 rings (SSSR count). The number of sulfonamides is 1. The Morgan fingerprint density at radius 2 is 1.35 bits per heavy atom. The Kier molecular flexibility index (Phi) is 3.93. The predicted octanol–water partition coefficient (Wildman–Crippen LogP) is 3.81. The van der Waals surface area contributed by atoms with Gasteiger partial charge in [-0.3, -0.25) is 0 Å². The van der Waals surface area contributed by atoms with E-state index in [4.69, 9.17) is 0 Å². The van der Waals surface area contributed by atoms with Crippen LogP contribution in [0.1, 0.15) is 18.4 Å². The normalized spacial score (nSPS) is 15.6. The fraction of sp³-hybridized carbons (Fsp3) is 0.250. The minimum atomic E-state index is -4.37. The molecular weight excluding hydrogens is 327 g/mol. The Morgan fingerprint density at radius 1 is 0.870 bits per heavy atom. The molecule has 0 aromatic heterocycles. The topological polar surface area (TPSA) is 46.2 Å². The highest BCUT2D eigenvalue weighted by atomic mass is 32.2. The average Bonchev–Trinajstić information content (AvgIpc) is 3.30. The smallest absolute Gasteiger partial charge is 0.208 e. The minimum absolute atomic E-state index is 0.0228. The van der Waals surface area contributed by atoms with Crippen LogP contribution in [0, 0.1) is 0 Å².